The number of nitrogens with two attached hydrogens (primary N) is 1. The number of nitrogens with zero attached hydrogens (tertiary/aromatic N) is 1. The van der Waals surface area contributed by atoms with E-state index in [-0.39, 0.29) is 35.2 Å². The average Bonchev–Trinajstić information content (AvgIpc) is 2.21. The van der Waals surface area contributed by atoms with Crippen LogP contribution in [0.4, 0.5) is 23.2 Å². The maximum Gasteiger partial charge on any atom is 0.196 e. The van der Waals surface area contributed by atoms with Gasteiger partial charge in [-0.25, -0.2) is 22.6 Å². The lowest BCUT2D eigenvalue weighted by atomic mass is 10.2. The fraction of sp³-hybridized carbons (Fsp3) is 0.125. The molecule has 0 saturated heterocycles. The summed E-state index contributed by atoms with van der Waals surface area (Å²) in [4.78, 5) is 3.28. The molecule has 0 heterocycles. The van der Waals surface area contributed by atoms with E-state index in [1.54, 1.807) is 0 Å². The maximum atomic E-state index is 13.0. The van der Waals surface area contributed by atoms with Gasteiger partial charge < -0.3 is 5.73 Å². The van der Waals surface area contributed by atoms with Crippen molar-refractivity contribution in [2.45, 2.75) is 0 Å². The monoisotopic (exact) mass is 366 g/mol. The number of hydrogen-bond donors (Lipinski definition) is 1. The molecule has 0 aliphatic rings. The summed E-state index contributed by atoms with van der Waals surface area (Å²) in [7, 11) is 0. The van der Waals surface area contributed by atoms with Crippen LogP contribution in [-0.2, 0) is 0 Å². The summed E-state index contributed by atoms with van der Waals surface area (Å²) < 4.78 is 51.2. The van der Waals surface area contributed by atoms with Gasteiger partial charge >= 0.3 is 0 Å². The minimum atomic E-state index is -1.77. The van der Waals surface area contributed by atoms with Crippen LogP contribution in [0.25, 0.3) is 0 Å². The van der Waals surface area contributed by atoms with E-state index >= 15 is 0 Å². The average molecular weight is 366 g/mol. The van der Waals surface area contributed by atoms with Crippen molar-refractivity contribution in [2.75, 3.05) is 6.26 Å². The van der Waals surface area contributed by atoms with Gasteiger partial charge in [0.25, 0.3) is 0 Å². The molecule has 0 atom stereocenters. The Labute approximate surface area is 110 Å². The van der Waals surface area contributed by atoms with Crippen molar-refractivity contribution in [1.29, 1.82) is 0 Å². The van der Waals surface area contributed by atoms with Gasteiger partial charge in [-0.15, -0.1) is 24.0 Å². The molecule has 1 aromatic rings. The second-order valence-electron chi connectivity index (χ2n) is 2.47. The Hall–Kier alpha value is -0.510. The Morgan fingerprint density at radius 1 is 1.19 bits per heavy atom. The minimum Gasteiger partial charge on any atom is -0.378 e. The smallest absolute Gasteiger partial charge is 0.196 e. The fourth-order valence-corrected chi connectivity index (χ4v) is 0.998. The van der Waals surface area contributed by atoms with E-state index in [1.165, 1.54) is 6.26 Å². The van der Waals surface area contributed by atoms with Crippen molar-refractivity contribution in [3.05, 3.63) is 29.3 Å². The highest BCUT2D eigenvalue weighted by atomic mass is 127. The lowest BCUT2D eigenvalue weighted by Crippen LogP contribution is -2.05. The summed E-state index contributed by atoms with van der Waals surface area (Å²) >= 11 is 0.925. The molecular formula is C8H7F4IN2S. The van der Waals surface area contributed by atoms with Gasteiger partial charge in [-0.2, -0.15) is 0 Å². The highest BCUT2D eigenvalue weighted by Crippen LogP contribution is 2.26. The molecule has 0 amide bonds. The van der Waals surface area contributed by atoms with E-state index in [2.05, 4.69) is 4.99 Å². The molecule has 16 heavy (non-hydrogen) atoms. The molecule has 0 fully saturated rings. The van der Waals surface area contributed by atoms with Crippen LogP contribution in [0, 0.1) is 23.3 Å². The van der Waals surface area contributed by atoms with Crippen LogP contribution in [0.3, 0.4) is 0 Å². The molecule has 1 aromatic carbocycles. The highest BCUT2D eigenvalue weighted by Gasteiger charge is 2.18. The summed E-state index contributed by atoms with van der Waals surface area (Å²) in [5.41, 5.74) is 4.26. The normalized spacial score (nSPS) is 11.2. The van der Waals surface area contributed by atoms with Gasteiger partial charge in [-0.3, -0.25) is 0 Å². The number of hydrogen-bond acceptors (Lipinski definition) is 2. The van der Waals surface area contributed by atoms with Gasteiger partial charge in [0, 0.05) is 6.07 Å². The third-order valence-electron chi connectivity index (χ3n) is 1.52. The first-order chi connectivity index (χ1) is 6.97. The minimum absolute atomic E-state index is 0. The molecule has 0 aliphatic carbocycles. The van der Waals surface area contributed by atoms with Crippen molar-refractivity contribution in [3.63, 3.8) is 0 Å². The molecule has 0 unspecified atom stereocenters. The van der Waals surface area contributed by atoms with Crippen molar-refractivity contribution < 1.29 is 17.6 Å². The summed E-state index contributed by atoms with van der Waals surface area (Å²) in [5.74, 6) is -6.37. The van der Waals surface area contributed by atoms with Crippen molar-refractivity contribution in [2.24, 2.45) is 10.7 Å². The van der Waals surface area contributed by atoms with E-state index < -0.39 is 29.0 Å². The van der Waals surface area contributed by atoms with Crippen LogP contribution in [0.2, 0.25) is 0 Å². The van der Waals surface area contributed by atoms with Crippen LogP contribution >= 0.6 is 35.7 Å². The van der Waals surface area contributed by atoms with Crippen LogP contribution in [0.1, 0.15) is 0 Å². The second kappa shape index (κ2) is 6.28. The Bertz CT molecular complexity index is 425. The third kappa shape index (κ3) is 3.24. The molecule has 0 saturated carbocycles. The predicted octanol–water partition coefficient (Wildman–Crippen LogP) is 3.17. The maximum absolute atomic E-state index is 13.0. The number of aliphatic imine (C=N–C) groups is 1. The van der Waals surface area contributed by atoms with Gasteiger partial charge in [0.1, 0.15) is 5.69 Å². The molecule has 0 spiro atoms. The van der Waals surface area contributed by atoms with Gasteiger partial charge in [0.05, 0.1) is 0 Å². The lowest BCUT2D eigenvalue weighted by molar-refractivity contribution is 0.437. The Kier molecular flexibility index (Phi) is 6.08. The molecule has 0 aliphatic heterocycles. The Morgan fingerprint density at radius 3 is 2.25 bits per heavy atom. The van der Waals surface area contributed by atoms with E-state index in [4.69, 9.17) is 5.73 Å². The van der Waals surface area contributed by atoms with E-state index in [0.29, 0.717) is 0 Å². The zero-order chi connectivity index (χ0) is 11.6. The first-order valence-electron chi connectivity index (χ1n) is 3.68. The van der Waals surface area contributed by atoms with Crippen molar-refractivity contribution in [1.82, 2.24) is 0 Å². The number of benzene rings is 1. The topological polar surface area (TPSA) is 38.4 Å². The van der Waals surface area contributed by atoms with Crippen molar-refractivity contribution >= 4 is 46.6 Å². The van der Waals surface area contributed by atoms with Crippen LogP contribution in [-0.4, -0.2) is 11.4 Å². The van der Waals surface area contributed by atoms with Crippen LogP contribution in [0.15, 0.2) is 11.1 Å². The molecule has 0 radical (unpaired) electrons. The summed E-state index contributed by atoms with van der Waals surface area (Å²) in [6, 6.07) is 0.213. The summed E-state index contributed by atoms with van der Waals surface area (Å²) in [6.45, 7) is 0. The lowest BCUT2D eigenvalue weighted by Gasteiger charge is -2.02. The van der Waals surface area contributed by atoms with Gasteiger partial charge in [-0.1, -0.05) is 11.8 Å². The molecule has 0 bridgehead atoms. The zero-order valence-electron chi connectivity index (χ0n) is 7.93. The van der Waals surface area contributed by atoms with E-state index in [0.717, 1.165) is 11.8 Å². The van der Waals surface area contributed by atoms with Gasteiger partial charge in [-0.05, 0) is 6.26 Å². The predicted molar refractivity (Wildman–Crippen MR) is 66.5 cm³/mol. The molecule has 2 nitrogen and oxygen atoms in total. The number of halogens is 5. The molecule has 8 heteroatoms. The number of thioether (sulfide) groups is 1. The van der Waals surface area contributed by atoms with Crippen LogP contribution < -0.4 is 5.73 Å². The van der Waals surface area contributed by atoms with Crippen molar-refractivity contribution in [3.8, 4) is 0 Å². The van der Waals surface area contributed by atoms with Crippen LogP contribution in [0.5, 0.6) is 0 Å². The fourth-order valence-electron chi connectivity index (χ4n) is 0.815. The second-order valence-corrected chi connectivity index (χ2v) is 3.30. The van der Waals surface area contributed by atoms with E-state index in [1.807, 2.05) is 0 Å². The first kappa shape index (κ1) is 15.5. The number of rotatable bonds is 1. The summed E-state index contributed by atoms with van der Waals surface area (Å²) in [6.07, 6.45) is 1.52. The SMILES string of the molecule is CSC(N)=Nc1c(F)cc(F)c(F)c1F.I. The standard InChI is InChI=1S/C8H6F4N2S.HI/c1-15-8(13)14-7-4(10)2-3(9)5(11)6(7)12;/h2H,1H3,(H2,13,14);1H. The quantitative estimate of drug-likeness (QED) is 0.207. The number of amidine groups is 1. The molecule has 0 aromatic heterocycles. The molecular weight excluding hydrogens is 359 g/mol. The summed E-state index contributed by atoms with van der Waals surface area (Å²) in [5, 5.41) is -0.154. The molecule has 1 rings (SSSR count). The van der Waals surface area contributed by atoms with Gasteiger partial charge in [0.15, 0.2) is 28.4 Å². The molecule has 2 N–H and O–H groups in total. The first-order valence-corrected chi connectivity index (χ1v) is 4.91. The zero-order valence-corrected chi connectivity index (χ0v) is 11.1. The van der Waals surface area contributed by atoms with E-state index in [9.17, 15) is 17.6 Å². The largest absolute Gasteiger partial charge is 0.378 e. The molecule has 90 valence electrons. The highest BCUT2D eigenvalue weighted by molar-refractivity contribution is 14.0. The Balaban J connectivity index is 0.00000225. The third-order valence-corrected chi connectivity index (χ3v) is 2.03. The van der Waals surface area contributed by atoms with Gasteiger partial charge in [0.2, 0.25) is 0 Å². The Morgan fingerprint density at radius 2 is 1.75 bits per heavy atom.